The number of methoxy groups -OCH3 is 1. The van der Waals surface area contributed by atoms with Crippen LogP contribution in [0.4, 0.5) is 9.59 Å². The van der Waals surface area contributed by atoms with Gasteiger partial charge in [-0.25, -0.2) is 9.59 Å². The van der Waals surface area contributed by atoms with Crippen LogP contribution in [0.1, 0.15) is 63.5 Å². The summed E-state index contributed by atoms with van der Waals surface area (Å²) in [5, 5.41) is 6.62. The molecule has 2 aliphatic rings. The number of carbonyl (C=O) groups is 2. The highest BCUT2D eigenvalue weighted by molar-refractivity contribution is 6.30. The van der Waals surface area contributed by atoms with Gasteiger partial charge in [-0.3, -0.25) is 0 Å². The van der Waals surface area contributed by atoms with Crippen LogP contribution in [0.5, 0.6) is 0 Å². The average molecular weight is 524 g/mol. The Kier molecular flexibility index (Phi) is 12.1. The summed E-state index contributed by atoms with van der Waals surface area (Å²) in [6, 6.07) is 7.85. The number of alkyl carbamates (subject to hydrolysis) is 1. The van der Waals surface area contributed by atoms with E-state index in [4.69, 9.17) is 21.1 Å². The molecule has 8 nitrogen and oxygen atoms in total. The van der Waals surface area contributed by atoms with E-state index in [9.17, 15) is 9.59 Å². The standard InChI is InChI=1S/C27H42ClN3O5/c1-3-7-24(16-20-8-6-14-35-19-20)30-26(32)31-13-5-10-22(18-31)25(21-9-4-11-23(28)17-21)36-15-12-29-27(33)34-2/h4,9,11,17,20,22,24-25H,3,5-8,10,12-16,18-19H2,1-2H3,(H,29,33)(H,30,32)/t20-,22-,24-,25+/m1/s1. The topological polar surface area (TPSA) is 89.1 Å². The Balaban J connectivity index is 1.62. The monoisotopic (exact) mass is 523 g/mol. The summed E-state index contributed by atoms with van der Waals surface area (Å²) >= 11 is 6.28. The van der Waals surface area contributed by atoms with Gasteiger partial charge in [0, 0.05) is 49.8 Å². The van der Waals surface area contributed by atoms with Crippen molar-refractivity contribution in [1.82, 2.24) is 15.5 Å². The average Bonchev–Trinajstić information content (AvgIpc) is 2.89. The number of rotatable bonds is 11. The molecule has 0 bridgehead atoms. The van der Waals surface area contributed by atoms with Crippen LogP contribution < -0.4 is 10.6 Å². The maximum Gasteiger partial charge on any atom is 0.406 e. The number of hydrogen-bond acceptors (Lipinski definition) is 5. The normalized spacial score (nSPS) is 21.9. The van der Waals surface area contributed by atoms with Gasteiger partial charge >= 0.3 is 12.1 Å². The largest absolute Gasteiger partial charge is 0.453 e. The summed E-state index contributed by atoms with van der Waals surface area (Å²) < 4.78 is 16.6. The van der Waals surface area contributed by atoms with Gasteiger partial charge in [0.05, 0.1) is 19.8 Å². The quantitative estimate of drug-likeness (QED) is 0.391. The summed E-state index contributed by atoms with van der Waals surface area (Å²) in [5.74, 6) is 0.640. The molecule has 0 aromatic heterocycles. The van der Waals surface area contributed by atoms with Crippen molar-refractivity contribution in [1.29, 1.82) is 0 Å². The number of nitrogens with zero attached hydrogens (tertiary/aromatic N) is 1. The summed E-state index contributed by atoms with van der Waals surface area (Å²) in [6.07, 6.45) is 6.39. The number of amides is 3. The van der Waals surface area contributed by atoms with Crippen LogP contribution in [0, 0.1) is 11.8 Å². The number of benzene rings is 1. The van der Waals surface area contributed by atoms with Gasteiger partial charge in [0.15, 0.2) is 0 Å². The van der Waals surface area contributed by atoms with Crippen LogP contribution >= 0.6 is 11.6 Å². The Bertz CT molecular complexity index is 820. The molecule has 3 amide bonds. The fraction of sp³-hybridized carbons (Fsp3) is 0.704. The number of carbonyl (C=O) groups excluding carboxylic acids is 2. The zero-order valence-corrected chi connectivity index (χ0v) is 22.4. The SMILES string of the molecule is CCC[C@H](C[C@H]1CCCOC1)NC(=O)N1CCC[C@@H]([C@@H](OCCNC(=O)OC)c2cccc(Cl)c2)C1. The summed E-state index contributed by atoms with van der Waals surface area (Å²) in [5.41, 5.74) is 0.981. The van der Waals surface area contributed by atoms with Crippen LogP contribution in [-0.4, -0.2) is 69.6 Å². The first-order valence-corrected chi connectivity index (χ1v) is 13.7. The van der Waals surface area contributed by atoms with E-state index >= 15 is 0 Å². The molecule has 1 aromatic carbocycles. The van der Waals surface area contributed by atoms with Gasteiger partial charge in [-0.1, -0.05) is 37.1 Å². The third kappa shape index (κ3) is 9.12. The number of urea groups is 1. The van der Waals surface area contributed by atoms with Crippen molar-refractivity contribution in [3.05, 3.63) is 34.9 Å². The van der Waals surface area contributed by atoms with Crippen LogP contribution in [0.2, 0.25) is 5.02 Å². The van der Waals surface area contributed by atoms with Gasteiger partial charge < -0.3 is 29.7 Å². The van der Waals surface area contributed by atoms with Crippen molar-refractivity contribution in [3.63, 3.8) is 0 Å². The lowest BCUT2D eigenvalue weighted by Crippen LogP contribution is -2.50. The molecule has 3 rings (SSSR count). The van der Waals surface area contributed by atoms with Gasteiger partial charge in [-0.15, -0.1) is 0 Å². The molecule has 2 fully saturated rings. The molecule has 0 aliphatic carbocycles. The smallest absolute Gasteiger partial charge is 0.406 e. The van der Waals surface area contributed by atoms with E-state index in [2.05, 4.69) is 22.3 Å². The van der Waals surface area contributed by atoms with E-state index in [0.717, 1.165) is 63.8 Å². The molecule has 2 N–H and O–H groups in total. The van der Waals surface area contributed by atoms with Gasteiger partial charge in [-0.05, 0) is 62.1 Å². The van der Waals surface area contributed by atoms with E-state index in [1.54, 1.807) is 0 Å². The summed E-state index contributed by atoms with van der Waals surface area (Å²) in [4.78, 5) is 26.6. The molecule has 0 unspecified atom stereocenters. The lowest BCUT2D eigenvalue weighted by Gasteiger charge is -2.38. The van der Waals surface area contributed by atoms with Crippen molar-refractivity contribution < 1.29 is 23.8 Å². The Morgan fingerprint density at radius 1 is 1.28 bits per heavy atom. The van der Waals surface area contributed by atoms with Crippen LogP contribution in [0.25, 0.3) is 0 Å². The van der Waals surface area contributed by atoms with E-state index in [1.807, 2.05) is 29.2 Å². The Morgan fingerprint density at radius 3 is 2.86 bits per heavy atom. The molecule has 0 radical (unpaired) electrons. The molecule has 4 atom stereocenters. The zero-order chi connectivity index (χ0) is 25.8. The Hall–Kier alpha value is -2.03. The van der Waals surface area contributed by atoms with Crippen LogP contribution in [0.3, 0.4) is 0 Å². The molecule has 202 valence electrons. The van der Waals surface area contributed by atoms with Crippen LogP contribution in [0.15, 0.2) is 24.3 Å². The summed E-state index contributed by atoms with van der Waals surface area (Å²) in [6.45, 7) is 5.83. The van der Waals surface area contributed by atoms with Gasteiger partial charge in [0.25, 0.3) is 0 Å². The molecule has 0 spiro atoms. The molecule has 9 heteroatoms. The second kappa shape index (κ2) is 15.3. The van der Waals surface area contributed by atoms with Crippen molar-refractivity contribution in [3.8, 4) is 0 Å². The Labute approximate surface area is 220 Å². The number of ether oxygens (including phenoxy) is 3. The highest BCUT2D eigenvalue weighted by Crippen LogP contribution is 2.34. The maximum atomic E-state index is 13.3. The molecule has 2 saturated heterocycles. The first-order chi connectivity index (χ1) is 17.5. The highest BCUT2D eigenvalue weighted by Gasteiger charge is 2.32. The minimum absolute atomic E-state index is 0.00656. The van der Waals surface area contributed by atoms with Gasteiger partial charge in [0.1, 0.15) is 0 Å². The van der Waals surface area contributed by atoms with Crippen molar-refractivity contribution in [2.24, 2.45) is 11.8 Å². The minimum atomic E-state index is -0.486. The lowest BCUT2D eigenvalue weighted by molar-refractivity contribution is -0.00876. The van der Waals surface area contributed by atoms with Crippen molar-refractivity contribution >= 4 is 23.7 Å². The predicted molar refractivity (Wildman–Crippen MR) is 140 cm³/mol. The molecular weight excluding hydrogens is 482 g/mol. The second-order valence-electron chi connectivity index (χ2n) is 9.87. The first-order valence-electron chi connectivity index (χ1n) is 13.3. The van der Waals surface area contributed by atoms with Crippen LogP contribution in [-0.2, 0) is 14.2 Å². The summed E-state index contributed by atoms with van der Waals surface area (Å²) in [7, 11) is 1.33. The van der Waals surface area contributed by atoms with E-state index in [0.29, 0.717) is 30.6 Å². The van der Waals surface area contributed by atoms with E-state index in [-0.39, 0.29) is 24.1 Å². The first kappa shape index (κ1) is 28.5. The number of piperidine rings is 1. The van der Waals surface area contributed by atoms with Crippen molar-refractivity contribution in [2.75, 3.05) is 46.6 Å². The molecule has 2 aliphatic heterocycles. The number of halogens is 1. The highest BCUT2D eigenvalue weighted by atomic mass is 35.5. The number of likely N-dealkylation sites (tertiary alicyclic amines) is 1. The zero-order valence-electron chi connectivity index (χ0n) is 21.7. The number of hydrogen-bond donors (Lipinski definition) is 2. The molecule has 36 heavy (non-hydrogen) atoms. The number of nitrogens with one attached hydrogen (secondary N) is 2. The Morgan fingerprint density at radius 2 is 2.14 bits per heavy atom. The van der Waals surface area contributed by atoms with Gasteiger partial charge in [-0.2, -0.15) is 0 Å². The molecule has 2 heterocycles. The third-order valence-electron chi connectivity index (χ3n) is 7.04. The van der Waals surface area contributed by atoms with E-state index < -0.39 is 6.09 Å². The lowest BCUT2D eigenvalue weighted by atomic mass is 9.88. The van der Waals surface area contributed by atoms with Crippen molar-refractivity contribution in [2.45, 2.75) is 64.0 Å². The maximum absolute atomic E-state index is 13.3. The van der Waals surface area contributed by atoms with E-state index in [1.165, 1.54) is 13.5 Å². The predicted octanol–water partition coefficient (Wildman–Crippen LogP) is 5.16. The molecule has 0 saturated carbocycles. The van der Waals surface area contributed by atoms with Gasteiger partial charge in [0.2, 0.25) is 0 Å². The second-order valence-corrected chi connectivity index (χ2v) is 10.3. The minimum Gasteiger partial charge on any atom is -0.453 e. The third-order valence-corrected chi connectivity index (χ3v) is 7.28. The fourth-order valence-electron chi connectivity index (χ4n) is 5.30. The molecular formula is C27H42ClN3O5. The molecule has 1 aromatic rings. The fourth-order valence-corrected chi connectivity index (χ4v) is 5.50.